The normalized spacial score (nSPS) is 15.3. The Bertz CT molecular complexity index is 743. The molecule has 1 N–H and O–H groups in total. The van der Waals surface area contributed by atoms with E-state index in [1.807, 2.05) is 13.0 Å². The Kier molecular flexibility index (Phi) is 4.64. The lowest BCUT2D eigenvalue weighted by Crippen LogP contribution is -2.39. The van der Waals surface area contributed by atoms with Crippen LogP contribution in [0.3, 0.4) is 0 Å². The molecule has 0 aliphatic carbocycles. The van der Waals surface area contributed by atoms with Crippen molar-refractivity contribution in [2.45, 2.75) is 25.8 Å². The predicted octanol–water partition coefficient (Wildman–Crippen LogP) is 4.12. The van der Waals surface area contributed by atoms with Crippen LogP contribution in [0.5, 0.6) is 0 Å². The van der Waals surface area contributed by atoms with Crippen LogP contribution in [0.2, 0.25) is 0 Å². The zero-order valence-electron chi connectivity index (χ0n) is 13.5. The molecule has 3 rings (SSSR count). The van der Waals surface area contributed by atoms with E-state index in [0.717, 1.165) is 18.4 Å². The number of benzene rings is 2. The van der Waals surface area contributed by atoms with E-state index in [-0.39, 0.29) is 22.5 Å². The molecule has 0 unspecified atom stereocenters. The number of hydrogen-bond acceptors (Lipinski definition) is 4. The Balaban J connectivity index is 1.70. The molecule has 0 spiro atoms. The van der Waals surface area contributed by atoms with Gasteiger partial charge >= 0.3 is 0 Å². The van der Waals surface area contributed by atoms with E-state index in [0.29, 0.717) is 24.5 Å². The smallest absolute Gasteiger partial charge is 0.292 e. The van der Waals surface area contributed by atoms with Gasteiger partial charge in [0.05, 0.1) is 10.6 Å². The predicted molar refractivity (Wildman–Crippen MR) is 93.1 cm³/mol. The minimum Gasteiger partial charge on any atom is -0.380 e. The number of nitro groups is 1. The third-order valence-corrected chi connectivity index (χ3v) is 4.46. The fourth-order valence-electron chi connectivity index (χ4n) is 3.25. The van der Waals surface area contributed by atoms with E-state index in [1.165, 1.54) is 6.07 Å². The van der Waals surface area contributed by atoms with Gasteiger partial charge in [0.25, 0.3) is 5.69 Å². The molecule has 0 atom stereocenters. The number of nitrogens with zero attached hydrogens (tertiary/aromatic N) is 2. The standard InChI is InChI=1S/C18H20FN3O2/c1-13-5-4-8-17(22(23)24)18(13)21-11-9-14(10-12-21)20-16-7-3-2-6-15(16)19/h2-8,14,20H,9-12H2,1H3. The molecule has 1 aliphatic rings. The second-order valence-electron chi connectivity index (χ2n) is 6.09. The lowest BCUT2D eigenvalue weighted by atomic mass is 10.0. The maximum Gasteiger partial charge on any atom is 0.292 e. The van der Waals surface area contributed by atoms with Gasteiger partial charge in [-0.2, -0.15) is 0 Å². The number of nitro benzene ring substituents is 1. The zero-order chi connectivity index (χ0) is 17.1. The summed E-state index contributed by atoms with van der Waals surface area (Å²) in [6.45, 7) is 3.31. The summed E-state index contributed by atoms with van der Waals surface area (Å²) in [5.74, 6) is -0.255. The highest BCUT2D eigenvalue weighted by Gasteiger charge is 2.26. The van der Waals surface area contributed by atoms with E-state index >= 15 is 0 Å². The summed E-state index contributed by atoms with van der Waals surface area (Å²) in [7, 11) is 0. The molecule has 0 saturated carbocycles. The van der Waals surface area contributed by atoms with Crippen molar-refractivity contribution in [1.82, 2.24) is 0 Å². The third kappa shape index (κ3) is 3.32. The Morgan fingerprint density at radius 1 is 1.17 bits per heavy atom. The van der Waals surface area contributed by atoms with Gasteiger partial charge in [0.15, 0.2) is 0 Å². The van der Waals surface area contributed by atoms with E-state index in [9.17, 15) is 14.5 Å². The van der Waals surface area contributed by atoms with Gasteiger partial charge in [0.1, 0.15) is 11.5 Å². The zero-order valence-corrected chi connectivity index (χ0v) is 13.5. The van der Waals surface area contributed by atoms with Crippen molar-refractivity contribution in [3.05, 3.63) is 64.0 Å². The molecule has 2 aromatic carbocycles. The summed E-state index contributed by atoms with van der Waals surface area (Å²) in [5.41, 5.74) is 2.27. The van der Waals surface area contributed by atoms with Gasteiger partial charge in [-0.25, -0.2) is 4.39 Å². The molecular weight excluding hydrogens is 309 g/mol. The summed E-state index contributed by atoms with van der Waals surface area (Å²) in [4.78, 5) is 13.0. The van der Waals surface area contributed by atoms with Gasteiger partial charge in [0, 0.05) is 25.2 Å². The fraction of sp³-hybridized carbons (Fsp3) is 0.333. The maximum absolute atomic E-state index is 13.7. The lowest BCUT2D eigenvalue weighted by Gasteiger charge is -2.34. The third-order valence-electron chi connectivity index (χ3n) is 4.46. The summed E-state index contributed by atoms with van der Waals surface area (Å²) >= 11 is 0. The van der Waals surface area contributed by atoms with Crippen LogP contribution in [0.1, 0.15) is 18.4 Å². The minimum absolute atomic E-state index is 0.149. The molecule has 1 aliphatic heterocycles. The van der Waals surface area contributed by atoms with Gasteiger partial charge in [-0.05, 0) is 37.5 Å². The van der Waals surface area contributed by atoms with Crippen LogP contribution >= 0.6 is 0 Å². The van der Waals surface area contributed by atoms with Crippen LogP contribution in [-0.4, -0.2) is 24.1 Å². The van der Waals surface area contributed by atoms with Gasteiger partial charge in [-0.15, -0.1) is 0 Å². The van der Waals surface area contributed by atoms with Gasteiger partial charge in [0.2, 0.25) is 0 Å². The minimum atomic E-state index is -0.327. The van der Waals surface area contributed by atoms with Crippen LogP contribution < -0.4 is 10.2 Å². The number of anilines is 2. The molecule has 1 fully saturated rings. The second-order valence-corrected chi connectivity index (χ2v) is 6.09. The number of nitrogens with one attached hydrogen (secondary N) is 1. The van der Waals surface area contributed by atoms with Crippen LogP contribution in [0.4, 0.5) is 21.5 Å². The average molecular weight is 329 g/mol. The number of rotatable bonds is 4. The van der Waals surface area contributed by atoms with Crippen molar-refractivity contribution in [1.29, 1.82) is 0 Å². The number of halogens is 1. The highest BCUT2D eigenvalue weighted by molar-refractivity contribution is 5.68. The number of hydrogen-bond donors (Lipinski definition) is 1. The van der Waals surface area contributed by atoms with Crippen LogP contribution in [-0.2, 0) is 0 Å². The summed E-state index contributed by atoms with van der Waals surface area (Å²) in [5, 5.41) is 14.5. The van der Waals surface area contributed by atoms with Crippen molar-refractivity contribution >= 4 is 17.1 Å². The number of aryl methyl sites for hydroxylation is 1. The summed E-state index contributed by atoms with van der Waals surface area (Å²) in [6.07, 6.45) is 1.61. The molecule has 0 radical (unpaired) electrons. The van der Waals surface area contributed by atoms with Crippen LogP contribution in [0.25, 0.3) is 0 Å². The molecule has 24 heavy (non-hydrogen) atoms. The number of piperidine rings is 1. The molecule has 0 aromatic heterocycles. The van der Waals surface area contributed by atoms with Crippen molar-refractivity contribution in [3.63, 3.8) is 0 Å². The first-order valence-electron chi connectivity index (χ1n) is 8.06. The van der Waals surface area contributed by atoms with Crippen LogP contribution in [0, 0.1) is 22.9 Å². The molecule has 1 heterocycles. The monoisotopic (exact) mass is 329 g/mol. The first kappa shape index (κ1) is 16.2. The molecule has 0 amide bonds. The first-order chi connectivity index (χ1) is 11.6. The van der Waals surface area contributed by atoms with Crippen molar-refractivity contribution in [3.8, 4) is 0 Å². The van der Waals surface area contributed by atoms with Crippen LogP contribution in [0.15, 0.2) is 42.5 Å². The first-order valence-corrected chi connectivity index (χ1v) is 8.06. The molecule has 1 saturated heterocycles. The highest BCUT2D eigenvalue weighted by atomic mass is 19.1. The molecular formula is C18H20FN3O2. The molecule has 126 valence electrons. The molecule has 0 bridgehead atoms. The summed E-state index contributed by atoms with van der Waals surface area (Å²) in [6, 6.07) is 12.0. The fourth-order valence-corrected chi connectivity index (χ4v) is 3.25. The van der Waals surface area contributed by atoms with Crippen molar-refractivity contribution in [2.75, 3.05) is 23.3 Å². The van der Waals surface area contributed by atoms with E-state index in [2.05, 4.69) is 10.2 Å². The van der Waals surface area contributed by atoms with Crippen molar-refractivity contribution < 1.29 is 9.31 Å². The molecule has 2 aromatic rings. The Morgan fingerprint density at radius 3 is 2.54 bits per heavy atom. The van der Waals surface area contributed by atoms with E-state index in [4.69, 9.17) is 0 Å². The quantitative estimate of drug-likeness (QED) is 0.677. The maximum atomic E-state index is 13.7. The summed E-state index contributed by atoms with van der Waals surface area (Å²) < 4.78 is 13.7. The Morgan fingerprint density at radius 2 is 1.88 bits per heavy atom. The average Bonchev–Trinajstić information content (AvgIpc) is 2.57. The SMILES string of the molecule is Cc1cccc([N+](=O)[O-])c1N1CCC(Nc2ccccc2F)CC1. The number of para-hydroxylation sites is 2. The lowest BCUT2D eigenvalue weighted by molar-refractivity contribution is -0.384. The molecule has 6 heteroatoms. The van der Waals surface area contributed by atoms with Gasteiger partial charge < -0.3 is 10.2 Å². The molecule has 5 nitrogen and oxygen atoms in total. The largest absolute Gasteiger partial charge is 0.380 e. The topological polar surface area (TPSA) is 58.4 Å². The van der Waals surface area contributed by atoms with Gasteiger partial charge in [-0.1, -0.05) is 24.3 Å². The van der Waals surface area contributed by atoms with Crippen molar-refractivity contribution in [2.24, 2.45) is 0 Å². The highest BCUT2D eigenvalue weighted by Crippen LogP contribution is 2.33. The Hall–Kier alpha value is -2.63. The van der Waals surface area contributed by atoms with E-state index < -0.39 is 0 Å². The second kappa shape index (κ2) is 6.86. The Labute approximate surface area is 140 Å². The van der Waals surface area contributed by atoms with E-state index in [1.54, 1.807) is 30.3 Å². The van der Waals surface area contributed by atoms with Gasteiger partial charge in [-0.3, -0.25) is 10.1 Å².